The van der Waals surface area contributed by atoms with Crippen molar-refractivity contribution in [3.05, 3.63) is 47.7 Å². The van der Waals surface area contributed by atoms with Crippen molar-refractivity contribution in [3.63, 3.8) is 0 Å². The Hall–Kier alpha value is -9.27. The number of nitrogens with one attached hydrogen (secondary N) is 12. The maximum atomic E-state index is 15.3. The molecule has 0 aromatic heterocycles. The zero-order chi connectivity index (χ0) is 89.4. The molecule has 0 radical (unpaired) electrons. The first-order valence-electron chi connectivity index (χ1n) is 41.6. The lowest BCUT2D eigenvalue weighted by Crippen LogP contribution is -2.64. The fourth-order valence-corrected chi connectivity index (χ4v) is 13.3. The summed E-state index contributed by atoms with van der Waals surface area (Å²) in [6.07, 6.45) is 2.07. The predicted octanol–water partition coefficient (Wildman–Crippen LogP) is 4.67. The Morgan fingerprint density at radius 2 is 1.03 bits per heavy atom. The van der Waals surface area contributed by atoms with E-state index in [0.29, 0.717) is 24.8 Å². The number of ether oxygens (including phenoxy) is 2. The second-order valence-corrected chi connectivity index (χ2v) is 34.9. The topological polar surface area (TPSA) is 472 Å². The van der Waals surface area contributed by atoms with Gasteiger partial charge in [-0.25, -0.2) is 9.59 Å². The number of carbonyl (C=O) groups is 15. The van der Waals surface area contributed by atoms with Crippen LogP contribution in [0.25, 0.3) is 0 Å². The Labute approximate surface area is 693 Å². The first-order chi connectivity index (χ1) is 54.3. The zero-order valence-corrected chi connectivity index (χ0v) is 74.1. The third-order valence-corrected chi connectivity index (χ3v) is 20.7. The number of amides is 14. The van der Waals surface area contributed by atoms with Gasteiger partial charge in [-0.15, -0.1) is 0 Å². The molecular weight excluding hydrogens is 1510 g/mol. The van der Waals surface area contributed by atoms with Gasteiger partial charge < -0.3 is 89.0 Å². The number of hydrogen-bond acceptors (Lipinski definition) is 18. The standard InChI is InChI=1S/C84H143N15O18/c1-26-50(15)39-40-60(100)91-61(45(5)6)74(106)97-67(53(18)116-83(19,20)21)78(110)92-62(46(7)8)75(107)93-63(47(9)10)80(112)99-42-34-38-59(99)73(105)88-56(37-33-41-86-82(115)117-84(22,23)24)71(103)95-65(51(16)27-2)76(108)90-58(72(104)96-66(52(17)28-3)77(109)94-64(48(11)12)81(113)114)44-98(25)68(49(13)14)79(111)87-55(29-4)70(102)89-57(69(85)101)43-54-35-31-30-32-36-54/h29-32,35-36,45-53,56-59,61-68H,26-28,33-34,37-44H2,1-25H3,(H2,85,101)(H,86,115)(H,87,111)(H,88,105)(H,89,102)(H,90,108)(H,91,100)(H,92,110)(H,93,107)(H,94,109)(H,95,103)(H,96,104)(H,97,106)(H,113,114)/b55-29-/t50-,51-,52-,53+,56-,57-,58?,59+,61+,62-,63+,64-,65+,66+,67-,68-/m0/s1. The van der Waals surface area contributed by atoms with Gasteiger partial charge in [-0.3, -0.25) is 67.2 Å². The minimum Gasteiger partial charge on any atom is -0.480 e. The molecule has 2 rings (SSSR count). The van der Waals surface area contributed by atoms with Gasteiger partial charge in [-0.2, -0.15) is 0 Å². The Kier molecular flexibility index (Phi) is 43.6. The predicted molar refractivity (Wildman–Crippen MR) is 445 cm³/mol. The van der Waals surface area contributed by atoms with Gasteiger partial charge >= 0.3 is 12.1 Å². The number of nitrogens with zero attached hydrogens (tertiary/aromatic N) is 2. The van der Waals surface area contributed by atoms with E-state index in [1.165, 1.54) is 29.8 Å². The second kappa shape index (κ2) is 49.2. The van der Waals surface area contributed by atoms with Gasteiger partial charge in [0.15, 0.2) is 0 Å². The number of rotatable bonds is 48. The number of nitrogens with two attached hydrogens (primary N) is 1. The minimum atomic E-state index is -1.68. The molecule has 1 aromatic carbocycles. The molecule has 14 amide bonds. The average molecular weight is 1650 g/mol. The van der Waals surface area contributed by atoms with Crippen LogP contribution < -0.4 is 69.5 Å². The highest BCUT2D eigenvalue weighted by atomic mass is 16.6. The molecule has 16 atom stereocenters. The molecule has 0 spiro atoms. The highest BCUT2D eigenvalue weighted by Gasteiger charge is 2.44. The van der Waals surface area contributed by atoms with Crippen LogP contribution in [0, 0.1) is 47.3 Å². The van der Waals surface area contributed by atoms with E-state index in [9.17, 15) is 53.1 Å². The fourth-order valence-electron chi connectivity index (χ4n) is 13.3. The van der Waals surface area contributed by atoms with E-state index in [1.807, 2.05) is 13.8 Å². The van der Waals surface area contributed by atoms with E-state index in [1.54, 1.807) is 176 Å². The number of hydrogen-bond donors (Lipinski definition) is 14. The number of carbonyl (C=O) groups excluding carboxylic acids is 14. The highest BCUT2D eigenvalue weighted by Crippen LogP contribution is 2.24. The van der Waals surface area contributed by atoms with Crippen molar-refractivity contribution >= 4 is 88.9 Å². The number of allylic oxidation sites excluding steroid dienone is 1. The lowest BCUT2D eigenvalue weighted by Gasteiger charge is -2.35. The van der Waals surface area contributed by atoms with Crippen molar-refractivity contribution < 1.29 is 86.5 Å². The number of alkyl carbamates (subject to hydrolysis) is 1. The molecule has 1 fully saturated rings. The summed E-state index contributed by atoms with van der Waals surface area (Å²) in [7, 11) is 1.48. The van der Waals surface area contributed by atoms with Crippen LogP contribution in [0.4, 0.5) is 4.79 Å². The lowest BCUT2D eigenvalue weighted by atomic mass is 9.95. The van der Waals surface area contributed by atoms with Crippen LogP contribution in [0.1, 0.15) is 230 Å². The smallest absolute Gasteiger partial charge is 0.407 e. The van der Waals surface area contributed by atoms with E-state index in [-0.39, 0.29) is 69.1 Å². The number of likely N-dealkylation sites (N-methyl/N-ethyl adjacent to an activating group) is 1. The molecule has 0 saturated carbocycles. The molecule has 1 heterocycles. The molecular formula is C84H143N15O18. The van der Waals surface area contributed by atoms with Crippen molar-refractivity contribution in [1.82, 2.24) is 73.6 Å². The molecule has 1 aliphatic heterocycles. The number of primary amides is 1. The van der Waals surface area contributed by atoms with Crippen molar-refractivity contribution in [3.8, 4) is 0 Å². The first kappa shape index (κ1) is 104. The van der Waals surface area contributed by atoms with Gasteiger partial charge in [0.1, 0.15) is 77.8 Å². The first-order valence-corrected chi connectivity index (χ1v) is 41.6. The molecule has 1 aromatic rings. The van der Waals surface area contributed by atoms with Gasteiger partial charge in [0.2, 0.25) is 70.9 Å². The molecule has 0 bridgehead atoms. The normalized spacial score (nSPS) is 17.2. The maximum Gasteiger partial charge on any atom is 0.407 e. The van der Waals surface area contributed by atoms with E-state index in [2.05, 4.69) is 63.8 Å². The van der Waals surface area contributed by atoms with Crippen LogP contribution >= 0.6 is 0 Å². The molecule has 33 heteroatoms. The third-order valence-electron chi connectivity index (χ3n) is 20.7. The Morgan fingerprint density at radius 1 is 0.547 bits per heavy atom. The van der Waals surface area contributed by atoms with E-state index < -0.39 is 221 Å². The fraction of sp³-hybridized carbons (Fsp3) is 0.726. The van der Waals surface area contributed by atoms with Crippen LogP contribution in [0.5, 0.6) is 0 Å². The summed E-state index contributed by atoms with van der Waals surface area (Å²) >= 11 is 0. The molecule has 0 aliphatic carbocycles. The third kappa shape index (κ3) is 35.1. The lowest BCUT2D eigenvalue weighted by molar-refractivity contribution is -0.144. The van der Waals surface area contributed by atoms with Gasteiger partial charge in [0.25, 0.3) is 5.91 Å². The number of carboxylic acid groups (broad SMARTS) is 1. The maximum absolute atomic E-state index is 15.3. The minimum absolute atomic E-state index is 0.0297. The van der Waals surface area contributed by atoms with Crippen molar-refractivity contribution in [1.29, 1.82) is 0 Å². The number of aliphatic carboxylic acids is 1. The Morgan fingerprint density at radius 3 is 1.50 bits per heavy atom. The van der Waals surface area contributed by atoms with Crippen LogP contribution in [0.3, 0.4) is 0 Å². The van der Waals surface area contributed by atoms with E-state index in [0.717, 1.165) is 6.42 Å². The van der Waals surface area contributed by atoms with Crippen molar-refractivity contribution in [2.75, 3.05) is 26.7 Å². The van der Waals surface area contributed by atoms with Crippen LogP contribution in [0.15, 0.2) is 42.1 Å². The van der Waals surface area contributed by atoms with Crippen molar-refractivity contribution in [2.24, 2.45) is 53.1 Å². The number of carboxylic acids is 1. The monoisotopic (exact) mass is 1650 g/mol. The van der Waals surface area contributed by atoms with Crippen LogP contribution in [0.2, 0.25) is 0 Å². The van der Waals surface area contributed by atoms with Gasteiger partial charge in [0, 0.05) is 32.5 Å². The Bertz CT molecular complexity index is 3520. The molecule has 15 N–H and O–H groups in total. The van der Waals surface area contributed by atoms with Gasteiger partial charge in [-0.1, -0.05) is 166 Å². The summed E-state index contributed by atoms with van der Waals surface area (Å²) in [6.45, 7) is 40.6. The summed E-state index contributed by atoms with van der Waals surface area (Å²) < 4.78 is 11.7. The quantitative estimate of drug-likeness (QED) is 0.0311. The van der Waals surface area contributed by atoms with Crippen LogP contribution in [-0.4, -0.2) is 220 Å². The number of likely N-dealkylation sites (tertiary alicyclic amines) is 1. The van der Waals surface area contributed by atoms with Crippen molar-refractivity contribution in [2.45, 2.75) is 320 Å². The molecule has 662 valence electrons. The second-order valence-electron chi connectivity index (χ2n) is 34.9. The Balaban J connectivity index is 2.75. The molecule has 1 aliphatic rings. The zero-order valence-electron chi connectivity index (χ0n) is 74.1. The van der Waals surface area contributed by atoms with E-state index >= 15 is 24.0 Å². The van der Waals surface area contributed by atoms with E-state index in [4.69, 9.17) is 15.2 Å². The summed E-state index contributed by atoms with van der Waals surface area (Å²) in [5.74, 6) is -15.3. The van der Waals surface area contributed by atoms with Gasteiger partial charge in [0.05, 0.1) is 17.7 Å². The SMILES string of the molecule is C/C=C(\NC(=O)[C@H](C(C)C)N(C)CC(NC(=O)[C@H](NC(=O)[C@H](CCCNC(=O)OC(C)(C)C)NC(=O)[C@H]1CCCN1C(=O)[C@H](NC(=O)[C@@H](NC(=O)[C@@H](NC(=O)[C@H](NC(=O)CC[C@@H](C)CC)C(C)C)[C@@H](C)OC(C)(C)C)C(C)C)C(C)C)[C@@H](C)CC)C(=O)N[C@@H](C(=O)N[C@H](C(=O)O)C(C)C)[C@@H](C)CC)C(=O)N[C@@H](Cc1ccccc1)C(N)=O. The molecule has 33 nitrogen and oxygen atoms in total. The molecule has 1 unspecified atom stereocenters. The largest absolute Gasteiger partial charge is 0.480 e. The average Bonchev–Trinajstić information content (AvgIpc) is 1.81. The summed E-state index contributed by atoms with van der Waals surface area (Å²) in [5.41, 5.74) is 4.49. The van der Waals surface area contributed by atoms with Crippen LogP contribution in [-0.2, 0) is 83.0 Å². The summed E-state index contributed by atoms with van der Waals surface area (Å²) in [6, 6.07) is -7.28. The summed E-state index contributed by atoms with van der Waals surface area (Å²) in [4.78, 5) is 216. The van der Waals surface area contributed by atoms with Gasteiger partial charge in [-0.05, 0) is 147 Å². The summed E-state index contributed by atoms with van der Waals surface area (Å²) in [5, 5.41) is 42.9. The molecule has 1 saturated heterocycles. The molecule has 117 heavy (non-hydrogen) atoms. The highest BCUT2D eigenvalue weighted by molar-refractivity contribution is 6.02. The number of benzene rings is 1.